The lowest BCUT2D eigenvalue weighted by atomic mass is 9.49. The van der Waals surface area contributed by atoms with Crippen LogP contribution in [0.15, 0.2) is 48.8 Å². The number of aliphatic hydroxyl groups is 1. The second-order valence-electron chi connectivity index (χ2n) is 10.9. The highest BCUT2D eigenvalue weighted by atomic mass is 16.3. The molecule has 1 aliphatic heterocycles. The van der Waals surface area contributed by atoms with Gasteiger partial charge in [0.05, 0.1) is 17.4 Å². The highest BCUT2D eigenvalue weighted by Crippen LogP contribution is 2.59. The third kappa shape index (κ3) is 3.69. The zero-order chi connectivity index (χ0) is 25.8. The molecule has 0 radical (unpaired) electrons. The first kappa shape index (κ1) is 23.9. The second-order valence-corrected chi connectivity index (χ2v) is 10.9. The molecule has 3 aromatic rings. The van der Waals surface area contributed by atoms with Crippen molar-refractivity contribution in [3.05, 3.63) is 71.0 Å². The molecule has 1 saturated carbocycles. The molecule has 4 N–H and O–H groups in total. The number of amides is 1. The smallest absolute Gasteiger partial charge is 0.255 e. The Morgan fingerprint density at radius 3 is 2.76 bits per heavy atom. The molecule has 3 aliphatic rings. The first-order valence-electron chi connectivity index (χ1n) is 13.0. The fraction of sp³-hybridized carbons (Fsp3) is 0.414. The van der Waals surface area contributed by atoms with Crippen LogP contribution < -0.4 is 5.32 Å². The molecule has 1 saturated heterocycles. The minimum absolute atomic E-state index is 0.0874. The molecule has 1 amide bonds. The summed E-state index contributed by atoms with van der Waals surface area (Å²) in [7, 11) is 2.01. The van der Waals surface area contributed by atoms with Gasteiger partial charge in [-0.05, 0) is 62.0 Å². The molecule has 2 fully saturated rings. The molecule has 2 heterocycles. The molecule has 1 aromatic heterocycles. The summed E-state index contributed by atoms with van der Waals surface area (Å²) in [5, 5.41) is 33.2. The number of fused-ring (bicyclic) bond motifs is 1. The Morgan fingerprint density at radius 2 is 2.00 bits per heavy atom. The minimum Gasteiger partial charge on any atom is -0.507 e. The van der Waals surface area contributed by atoms with Crippen molar-refractivity contribution in [2.24, 2.45) is 0 Å². The number of piperidine rings is 1. The number of aromatic nitrogens is 2. The summed E-state index contributed by atoms with van der Waals surface area (Å²) in [5.41, 5.74) is 2.94. The number of carbonyl (C=O) groups is 2. The molecule has 2 bridgehead atoms. The number of aromatic amines is 1. The topological polar surface area (TPSA) is 119 Å². The Balaban J connectivity index is 1.23. The van der Waals surface area contributed by atoms with Crippen LogP contribution in [-0.2, 0) is 23.1 Å². The number of benzene rings is 2. The predicted octanol–water partition coefficient (Wildman–Crippen LogP) is 2.74. The van der Waals surface area contributed by atoms with Crippen molar-refractivity contribution in [2.45, 2.75) is 55.6 Å². The van der Waals surface area contributed by atoms with E-state index in [2.05, 4.69) is 20.4 Å². The van der Waals surface area contributed by atoms with Crippen molar-refractivity contribution in [3.63, 3.8) is 0 Å². The summed E-state index contributed by atoms with van der Waals surface area (Å²) in [6.45, 7) is 1.15. The number of carbonyl (C=O) groups excluding carboxylic acids is 2. The zero-order valence-electron chi connectivity index (χ0n) is 21.0. The normalized spacial score (nSPS) is 26.9. The van der Waals surface area contributed by atoms with Crippen molar-refractivity contribution in [1.82, 2.24) is 20.4 Å². The van der Waals surface area contributed by atoms with E-state index in [1.807, 2.05) is 43.6 Å². The average Bonchev–Trinajstić information content (AvgIpc) is 3.42. The van der Waals surface area contributed by atoms with E-state index in [1.54, 1.807) is 12.3 Å². The molecule has 3 atom stereocenters. The maximum atomic E-state index is 13.2. The lowest BCUT2D eigenvalue weighted by molar-refractivity contribution is -0.169. The van der Waals surface area contributed by atoms with Crippen molar-refractivity contribution in [1.29, 1.82) is 0 Å². The number of Topliss-reactive ketones (excluding diaryl/α,β-unsaturated/α-hetero) is 1. The van der Waals surface area contributed by atoms with E-state index in [0.29, 0.717) is 44.2 Å². The largest absolute Gasteiger partial charge is 0.507 e. The number of aromatic hydroxyl groups is 1. The number of nitrogens with one attached hydrogen (secondary N) is 2. The van der Waals surface area contributed by atoms with Gasteiger partial charge in [0.1, 0.15) is 11.5 Å². The Hall–Kier alpha value is -3.49. The van der Waals surface area contributed by atoms with Gasteiger partial charge in [-0.2, -0.15) is 5.10 Å². The van der Waals surface area contributed by atoms with Gasteiger partial charge in [-0.3, -0.25) is 14.7 Å². The Bertz CT molecular complexity index is 1350. The van der Waals surface area contributed by atoms with Crippen LogP contribution in [0, 0.1) is 0 Å². The number of H-pyrrole nitrogens is 1. The second kappa shape index (κ2) is 8.82. The summed E-state index contributed by atoms with van der Waals surface area (Å²) >= 11 is 0. The number of phenols is 1. The summed E-state index contributed by atoms with van der Waals surface area (Å²) in [6, 6.07) is 11.6. The first-order valence-corrected chi connectivity index (χ1v) is 13.0. The molecule has 37 heavy (non-hydrogen) atoms. The van der Waals surface area contributed by atoms with Crippen LogP contribution in [0.25, 0.3) is 11.1 Å². The fourth-order valence-electron chi connectivity index (χ4n) is 7.00. The number of hydrogen-bond donors (Lipinski definition) is 4. The number of likely N-dealkylation sites (N-methyl/N-ethyl adjacent to an activating group) is 1. The van der Waals surface area contributed by atoms with Gasteiger partial charge in [0.15, 0.2) is 0 Å². The van der Waals surface area contributed by atoms with Crippen LogP contribution in [0.5, 0.6) is 5.75 Å². The lowest BCUT2D eigenvalue weighted by Crippen LogP contribution is -2.72. The number of rotatable bonds is 5. The number of likely N-dealkylation sites (tertiary alicyclic amines) is 1. The van der Waals surface area contributed by atoms with Gasteiger partial charge in [0, 0.05) is 48.2 Å². The molecule has 192 valence electrons. The third-order valence-corrected chi connectivity index (χ3v) is 8.97. The van der Waals surface area contributed by atoms with E-state index in [4.69, 9.17) is 0 Å². The van der Waals surface area contributed by atoms with E-state index >= 15 is 0 Å². The third-order valence-electron chi connectivity index (χ3n) is 8.97. The van der Waals surface area contributed by atoms with Gasteiger partial charge in [-0.1, -0.05) is 30.3 Å². The predicted molar refractivity (Wildman–Crippen MR) is 138 cm³/mol. The van der Waals surface area contributed by atoms with Crippen LogP contribution in [0.2, 0.25) is 0 Å². The number of ketones is 1. The fourth-order valence-corrected chi connectivity index (χ4v) is 7.00. The van der Waals surface area contributed by atoms with Crippen LogP contribution in [0.3, 0.4) is 0 Å². The Labute approximate surface area is 215 Å². The molecule has 0 spiro atoms. The summed E-state index contributed by atoms with van der Waals surface area (Å²) < 4.78 is 0. The highest BCUT2D eigenvalue weighted by Gasteiger charge is 2.65. The zero-order valence-corrected chi connectivity index (χ0v) is 21.0. The van der Waals surface area contributed by atoms with E-state index in [9.17, 15) is 19.8 Å². The molecule has 2 aromatic carbocycles. The van der Waals surface area contributed by atoms with Gasteiger partial charge in [-0.15, -0.1) is 0 Å². The molecular weight excluding hydrogens is 468 g/mol. The molecule has 2 aliphatic carbocycles. The van der Waals surface area contributed by atoms with Gasteiger partial charge >= 0.3 is 0 Å². The minimum atomic E-state index is -1.10. The van der Waals surface area contributed by atoms with Gasteiger partial charge in [0.2, 0.25) is 0 Å². The highest BCUT2D eigenvalue weighted by molar-refractivity contribution is 5.98. The van der Waals surface area contributed by atoms with Gasteiger partial charge in [0.25, 0.3) is 5.91 Å². The first-order chi connectivity index (χ1) is 17.8. The van der Waals surface area contributed by atoms with Crippen molar-refractivity contribution in [3.8, 4) is 16.9 Å². The average molecular weight is 501 g/mol. The molecule has 6 rings (SSSR count). The number of nitrogens with zero attached hydrogens (tertiary/aromatic N) is 2. The van der Waals surface area contributed by atoms with E-state index in [1.165, 1.54) is 0 Å². The van der Waals surface area contributed by atoms with Crippen LogP contribution in [0.4, 0.5) is 0 Å². The summed E-state index contributed by atoms with van der Waals surface area (Å²) in [5.74, 6) is -0.336. The van der Waals surface area contributed by atoms with E-state index < -0.39 is 11.0 Å². The standard InChI is InChI=1S/C29H32N4O4/c1-33-13-11-28-15-22(34)8-10-29(28,37)24(33)14-20-6-7-23(26(35)25(20)28)27(36)30-12-9-18-2-4-19(5-3-18)21-16-31-32-17-21/h2-7,16-17,24,35,37H,8-15H2,1H3,(H,30,36)(H,31,32)/t24?,28-,29-/m1/s1. The maximum absolute atomic E-state index is 13.2. The van der Waals surface area contributed by atoms with Gasteiger partial charge < -0.3 is 20.4 Å². The molecular formula is C29H32N4O4. The van der Waals surface area contributed by atoms with Gasteiger partial charge in [-0.25, -0.2) is 0 Å². The monoisotopic (exact) mass is 500 g/mol. The van der Waals surface area contributed by atoms with Crippen LogP contribution >= 0.6 is 0 Å². The van der Waals surface area contributed by atoms with Crippen molar-refractivity contribution in [2.75, 3.05) is 20.1 Å². The Morgan fingerprint density at radius 1 is 1.19 bits per heavy atom. The summed E-state index contributed by atoms with van der Waals surface area (Å²) in [6.07, 6.45) is 6.36. The number of phenolic OH excluding ortho intramolecular Hbond substituents is 1. The Kier molecular flexibility index (Phi) is 5.69. The van der Waals surface area contributed by atoms with Crippen LogP contribution in [0.1, 0.15) is 52.7 Å². The lowest BCUT2D eigenvalue weighted by Gasteiger charge is -2.62. The summed E-state index contributed by atoms with van der Waals surface area (Å²) in [4.78, 5) is 28.0. The molecule has 1 unspecified atom stereocenters. The quantitative estimate of drug-likeness (QED) is 0.428. The van der Waals surface area contributed by atoms with Crippen LogP contribution in [-0.4, -0.2) is 68.8 Å². The molecule has 8 heteroatoms. The van der Waals surface area contributed by atoms with Crippen molar-refractivity contribution < 1.29 is 19.8 Å². The SMILES string of the molecule is CN1CC[C@]23CC(=O)CC[C@@]2(O)C1Cc1ccc(C(=O)NCCc2ccc(-c4cn[nH]c4)cc2)c(O)c13. The van der Waals surface area contributed by atoms with E-state index in [-0.39, 0.29) is 35.5 Å². The maximum Gasteiger partial charge on any atom is 0.255 e. The number of hydrogen-bond acceptors (Lipinski definition) is 6. The van der Waals surface area contributed by atoms with Crippen molar-refractivity contribution >= 4 is 11.7 Å². The molecule has 8 nitrogen and oxygen atoms in total. The van der Waals surface area contributed by atoms with E-state index in [0.717, 1.165) is 28.8 Å².